The van der Waals surface area contributed by atoms with Crippen molar-refractivity contribution in [2.45, 2.75) is 44.6 Å². The van der Waals surface area contributed by atoms with E-state index in [4.69, 9.17) is 0 Å². The quantitative estimate of drug-likeness (QED) is 0.813. The Kier molecular flexibility index (Phi) is 4.12. The van der Waals surface area contributed by atoms with E-state index in [0.29, 0.717) is 32.1 Å². The molecule has 1 N–H and O–H groups in total. The fourth-order valence-electron chi connectivity index (χ4n) is 3.05. The highest BCUT2D eigenvalue weighted by Crippen LogP contribution is 2.25. The van der Waals surface area contributed by atoms with Gasteiger partial charge in [-0.15, -0.1) is 0 Å². The highest BCUT2D eigenvalue weighted by Gasteiger charge is 2.34. The smallest absolute Gasteiger partial charge is 0.281 e. The van der Waals surface area contributed by atoms with Gasteiger partial charge in [-0.2, -0.15) is 17.0 Å². The van der Waals surface area contributed by atoms with E-state index in [1.165, 1.54) is 12.8 Å². The second kappa shape index (κ2) is 5.68. The lowest BCUT2D eigenvalue weighted by Gasteiger charge is -2.33. The summed E-state index contributed by atoms with van der Waals surface area (Å²) in [5, 5.41) is 3.56. The van der Waals surface area contributed by atoms with Crippen molar-refractivity contribution < 1.29 is 8.42 Å². The van der Waals surface area contributed by atoms with E-state index < -0.39 is 10.2 Å². The van der Waals surface area contributed by atoms with Gasteiger partial charge in [0.2, 0.25) is 0 Å². The van der Waals surface area contributed by atoms with Crippen LogP contribution in [0, 0.1) is 5.92 Å². The van der Waals surface area contributed by atoms with E-state index in [2.05, 4.69) is 5.32 Å². The molecule has 2 heterocycles. The van der Waals surface area contributed by atoms with Crippen LogP contribution >= 0.6 is 0 Å². The molecule has 6 heteroatoms. The van der Waals surface area contributed by atoms with Crippen LogP contribution in [0.15, 0.2) is 0 Å². The van der Waals surface area contributed by atoms with Gasteiger partial charge in [-0.1, -0.05) is 0 Å². The maximum absolute atomic E-state index is 12.4. The molecule has 0 aromatic heterocycles. The molecule has 0 aromatic carbocycles. The molecule has 0 unspecified atom stereocenters. The van der Waals surface area contributed by atoms with Crippen molar-refractivity contribution in [1.82, 2.24) is 13.9 Å². The minimum Gasteiger partial charge on any atom is -0.314 e. The zero-order valence-corrected chi connectivity index (χ0v) is 12.4. The number of nitrogens with zero attached hydrogens (tertiary/aromatic N) is 2. The molecule has 0 amide bonds. The summed E-state index contributed by atoms with van der Waals surface area (Å²) in [6.07, 6.45) is 6.69. The van der Waals surface area contributed by atoms with Gasteiger partial charge in [-0.25, -0.2) is 0 Å². The maximum Gasteiger partial charge on any atom is 0.281 e. The number of rotatable bonds is 5. The average molecular weight is 287 g/mol. The summed E-state index contributed by atoms with van der Waals surface area (Å²) in [7, 11) is -3.16. The Morgan fingerprint density at radius 3 is 2.05 bits per heavy atom. The van der Waals surface area contributed by atoms with E-state index in [9.17, 15) is 8.42 Å². The lowest BCUT2D eigenvalue weighted by atomic mass is 9.98. The standard InChI is InChI=1S/C13H25N3O2S/c17-19(18,15-7-1-2-8-15)16-9-5-12(6-10-16)11-14-13-3-4-13/h12-14H,1-11H2. The van der Waals surface area contributed by atoms with Crippen LogP contribution < -0.4 is 5.32 Å². The van der Waals surface area contributed by atoms with Crippen molar-refractivity contribution >= 4 is 10.2 Å². The molecule has 1 aliphatic carbocycles. The molecule has 2 saturated heterocycles. The number of hydrogen-bond acceptors (Lipinski definition) is 3. The summed E-state index contributed by atoms with van der Waals surface area (Å²) in [6.45, 7) is 3.91. The van der Waals surface area contributed by atoms with Gasteiger partial charge in [-0.3, -0.25) is 0 Å². The molecular weight excluding hydrogens is 262 g/mol. The lowest BCUT2D eigenvalue weighted by molar-refractivity contribution is 0.253. The second-order valence-corrected chi connectivity index (χ2v) is 8.07. The second-order valence-electron chi connectivity index (χ2n) is 6.14. The van der Waals surface area contributed by atoms with Crippen molar-refractivity contribution in [3.8, 4) is 0 Å². The van der Waals surface area contributed by atoms with Gasteiger partial charge in [0.15, 0.2) is 0 Å². The molecule has 1 saturated carbocycles. The first-order valence-corrected chi connectivity index (χ1v) is 9.04. The minimum absolute atomic E-state index is 0.658. The highest BCUT2D eigenvalue weighted by molar-refractivity contribution is 7.86. The first kappa shape index (κ1) is 13.8. The minimum atomic E-state index is -3.16. The molecule has 2 aliphatic heterocycles. The van der Waals surface area contributed by atoms with Gasteiger partial charge in [-0.05, 0) is 51.0 Å². The third-order valence-electron chi connectivity index (χ3n) is 4.56. The fraction of sp³-hybridized carbons (Fsp3) is 1.00. The first-order valence-electron chi connectivity index (χ1n) is 7.65. The van der Waals surface area contributed by atoms with Crippen LogP contribution in [-0.2, 0) is 10.2 Å². The van der Waals surface area contributed by atoms with E-state index >= 15 is 0 Å². The van der Waals surface area contributed by atoms with Crippen LogP contribution in [0.3, 0.4) is 0 Å². The van der Waals surface area contributed by atoms with E-state index in [1.807, 2.05) is 0 Å². The normalized spacial score (nSPS) is 28.0. The number of nitrogens with one attached hydrogen (secondary N) is 1. The highest BCUT2D eigenvalue weighted by atomic mass is 32.2. The molecule has 0 radical (unpaired) electrons. The van der Waals surface area contributed by atoms with Crippen molar-refractivity contribution in [2.75, 3.05) is 32.7 Å². The molecular formula is C13H25N3O2S. The van der Waals surface area contributed by atoms with Crippen LogP contribution in [0.1, 0.15) is 38.5 Å². The van der Waals surface area contributed by atoms with Gasteiger partial charge in [0.05, 0.1) is 0 Å². The summed E-state index contributed by atoms with van der Waals surface area (Å²) < 4.78 is 28.2. The van der Waals surface area contributed by atoms with Gasteiger partial charge in [0.25, 0.3) is 10.2 Å². The summed E-state index contributed by atoms with van der Waals surface area (Å²) >= 11 is 0. The summed E-state index contributed by atoms with van der Waals surface area (Å²) in [6, 6.07) is 0.756. The Morgan fingerprint density at radius 1 is 0.895 bits per heavy atom. The predicted molar refractivity (Wildman–Crippen MR) is 75.0 cm³/mol. The number of hydrogen-bond donors (Lipinski definition) is 1. The SMILES string of the molecule is O=S(=O)(N1CCCC1)N1CCC(CNC2CC2)CC1. The van der Waals surface area contributed by atoms with Gasteiger partial charge in [0, 0.05) is 32.2 Å². The van der Waals surface area contributed by atoms with Crippen LogP contribution in [0.5, 0.6) is 0 Å². The zero-order chi connectivity index (χ0) is 13.3. The Balaban J connectivity index is 1.48. The summed E-state index contributed by atoms with van der Waals surface area (Å²) in [5.74, 6) is 0.658. The van der Waals surface area contributed by atoms with Crippen molar-refractivity contribution in [1.29, 1.82) is 0 Å². The van der Waals surface area contributed by atoms with Crippen LogP contribution in [0.4, 0.5) is 0 Å². The first-order chi connectivity index (χ1) is 9.16. The van der Waals surface area contributed by atoms with Gasteiger partial charge in [0.1, 0.15) is 0 Å². The molecule has 3 fully saturated rings. The Labute approximate surface area is 116 Å². The summed E-state index contributed by atoms with van der Waals surface area (Å²) in [4.78, 5) is 0. The van der Waals surface area contributed by atoms with Crippen molar-refractivity contribution in [3.63, 3.8) is 0 Å². The Bertz CT molecular complexity index is 394. The molecule has 3 aliphatic rings. The van der Waals surface area contributed by atoms with Gasteiger partial charge < -0.3 is 5.32 Å². The average Bonchev–Trinajstić information content (AvgIpc) is 3.07. The van der Waals surface area contributed by atoms with Crippen molar-refractivity contribution in [3.05, 3.63) is 0 Å². The fourth-order valence-corrected chi connectivity index (χ4v) is 4.77. The van der Waals surface area contributed by atoms with Gasteiger partial charge >= 0.3 is 0 Å². The zero-order valence-electron chi connectivity index (χ0n) is 11.6. The molecule has 0 atom stereocenters. The Hall–Kier alpha value is -0.170. The molecule has 19 heavy (non-hydrogen) atoms. The van der Waals surface area contributed by atoms with Crippen LogP contribution in [0.2, 0.25) is 0 Å². The third-order valence-corrected chi connectivity index (χ3v) is 6.60. The molecule has 0 aromatic rings. The summed E-state index contributed by atoms with van der Waals surface area (Å²) in [5.41, 5.74) is 0. The largest absolute Gasteiger partial charge is 0.314 e. The third kappa shape index (κ3) is 3.29. The maximum atomic E-state index is 12.4. The predicted octanol–water partition coefficient (Wildman–Crippen LogP) is 0.791. The lowest BCUT2D eigenvalue weighted by Crippen LogP contribution is -2.47. The molecule has 3 rings (SSSR count). The van der Waals surface area contributed by atoms with E-state index in [1.54, 1.807) is 8.61 Å². The van der Waals surface area contributed by atoms with Crippen LogP contribution in [-0.4, -0.2) is 55.8 Å². The van der Waals surface area contributed by atoms with E-state index in [0.717, 1.165) is 38.3 Å². The van der Waals surface area contributed by atoms with Crippen LogP contribution in [0.25, 0.3) is 0 Å². The van der Waals surface area contributed by atoms with E-state index in [-0.39, 0.29) is 0 Å². The molecule has 0 bridgehead atoms. The topological polar surface area (TPSA) is 52.7 Å². The molecule has 0 spiro atoms. The molecule has 5 nitrogen and oxygen atoms in total. The Morgan fingerprint density at radius 2 is 1.47 bits per heavy atom. The monoisotopic (exact) mass is 287 g/mol. The number of piperidine rings is 1. The molecule has 110 valence electrons. The van der Waals surface area contributed by atoms with Crippen molar-refractivity contribution in [2.24, 2.45) is 5.92 Å².